The van der Waals surface area contributed by atoms with Gasteiger partial charge in [-0.05, 0) is 57.6 Å². The molecule has 4 heteroatoms. The van der Waals surface area contributed by atoms with Gasteiger partial charge in [-0.25, -0.2) is 0 Å². The molecule has 1 aliphatic rings. The van der Waals surface area contributed by atoms with Gasteiger partial charge in [0.1, 0.15) is 0 Å². The fraction of sp³-hybridized carbons (Fsp3) is 0.647. The number of nitrogens with zero attached hydrogens (tertiary/aromatic N) is 2. The van der Waals surface area contributed by atoms with Gasteiger partial charge in [0.15, 0.2) is 0 Å². The summed E-state index contributed by atoms with van der Waals surface area (Å²) in [6, 6.07) is 6.88. The molecule has 118 valence electrons. The molecule has 0 aromatic heterocycles. The molecule has 1 N–H and O–H groups in total. The van der Waals surface area contributed by atoms with E-state index in [2.05, 4.69) is 54.2 Å². The Morgan fingerprint density at radius 2 is 2.05 bits per heavy atom. The van der Waals surface area contributed by atoms with E-state index in [9.17, 15) is 0 Å². The SMILES string of the molecule is CCCNC(C)c1ccc(N2CCCN(C)CC2)c(Cl)c1. The lowest BCUT2D eigenvalue weighted by Crippen LogP contribution is -2.29. The number of halogens is 1. The van der Waals surface area contributed by atoms with Crippen molar-refractivity contribution in [1.29, 1.82) is 0 Å². The number of anilines is 1. The third-order valence-electron chi connectivity index (χ3n) is 4.23. The lowest BCUT2D eigenvalue weighted by molar-refractivity contribution is 0.360. The summed E-state index contributed by atoms with van der Waals surface area (Å²) in [6.07, 6.45) is 2.35. The second-order valence-electron chi connectivity index (χ2n) is 6.03. The molecule has 1 unspecified atom stereocenters. The van der Waals surface area contributed by atoms with Crippen LogP contribution in [0.2, 0.25) is 5.02 Å². The molecule has 3 nitrogen and oxygen atoms in total. The minimum Gasteiger partial charge on any atom is -0.369 e. The fourth-order valence-electron chi connectivity index (χ4n) is 2.82. The smallest absolute Gasteiger partial charge is 0.0642 e. The van der Waals surface area contributed by atoms with Crippen LogP contribution in [0.25, 0.3) is 0 Å². The molecule has 0 aliphatic carbocycles. The van der Waals surface area contributed by atoms with Crippen LogP contribution in [0.1, 0.15) is 38.3 Å². The summed E-state index contributed by atoms with van der Waals surface area (Å²) in [4.78, 5) is 4.80. The summed E-state index contributed by atoms with van der Waals surface area (Å²) in [5.41, 5.74) is 2.45. The van der Waals surface area contributed by atoms with Gasteiger partial charge in [0, 0.05) is 25.7 Å². The van der Waals surface area contributed by atoms with Crippen molar-refractivity contribution < 1.29 is 0 Å². The van der Waals surface area contributed by atoms with E-state index in [1.54, 1.807) is 0 Å². The largest absolute Gasteiger partial charge is 0.369 e. The molecule has 1 aromatic carbocycles. The van der Waals surface area contributed by atoms with Crippen molar-refractivity contribution in [2.24, 2.45) is 0 Å². The molecule has 1 atom stereocenters. The third-order valence-corrected chi connectivity index (χ3v) is 4.54. The van der Waals surface area contributed by atoms with Crippen molar-refractivity contribution in [3.63, 3.8) is 0 Å². The van der Waals surface area contributed by atoms with Crippen molar-refractivity contribution in [3.8, 4) is 0 Å². The predicted octanol–water partition coefficient (Wildman–Crippen LogP) is 3.54. The van der Waals surface area contributed by atoms with Crippen molar-refractivity contribution in [1.82, 2.24) is 10.2 Å². The Morgan fingerprint density at radius 3 is 2.76 bits per heavy atom. The number of benzene rings is 1. The van der Waals surface area contributed by atoms with E-state index in [1.165, 1.54) is 24.2 Å². The van der Waals surface area contributed by atoms with Crippen LogP contribution in [-0.2, 0) is 0 Å². The minimum atomic E-state index is 0.353. The molecule has 1 aromatic rings. The molecule has 0 radical (unpaired) electrons. The van der Waals surface area contributed by atoms with Gasteiger partial charge in [-0.2, -0.15) is 0 Å². The first-order chi connectivity index (χ1) is 10.1. The summed E-state index contributed by atoms with van der Waals surface area (Å²) < 4.78 is 0. The van der Waals surface area contributed by atoms with Gasteiger partial charge in [-0.1, -0.05) is 24.6 Å². The van der Waals surface area contributed by atoms with Gasteiger partial charge >= 0.3 is 0 Å². The number of rotatable bonds is 5. The molecule has 2 rings (SSSR count). The fourth-order valence-corrected chi connectivity index (χ4v) is 3.12. The van der Waals surface area contributed by atoms with Gasteiger partial charge in [0.25, 0.3) is 0 Å². The third kappa shape index (κ3) is 4.60. The van der Waals surface area contributed by atoms with Gasteiger partial charge < -0.3 is 15.1 Å². The van der Waals surface area contributed by atoms with Crippen LogP contribution in [0.4, 0.5) is 5.69 Å². The zero-order chi connectivity index (χ0) is 15.2. The van der Waals surface area contributed by atoms with Gasteiger partial charge in [-0.15, -0.1) is 0 Å². The summed E-state index contributed by atoms with van der Waals surface area (Å²) in [6.45, 7) is 9.84. The number of nitrogens with one attached hydrogen (secondary N) is 1. The highest BCUT2D eigenvalue weighted by Crippen LogP contribution is 2.29. The molecule has 0 bridgehead atoms. The molecular weight excluding hydrogens is 282 g/mol. The quantitative estimate of drug-likeness (QED) is 0.897. The maximum Gasteiger partial charge on any atom is 0.0642 e. The van der Waals surface area contributed by atoms with E-state index < -0.39 is 0 Å². The highest BCUT2D eigenvalue weighted by Gasteiger charge is 2.16. The topological polar surface area (TPSA) is 18.5 Å². The van der Waals surface area contributed by atoms with Crippen LogP contribution in [-0.4, -0.2) is 44.7 Å². The van der Waals surface area contributed by atoms with Crippen molar-refractivity contribution in [3.05, 3.63) is 28.8 Å². The Bertz CT molecular complexity index is 450. The van der Waals surface area contributed by atoms with E-state index in [-0.39, 0.29) is 0 Å². The monoisotopic (exact) mass is 309 g/mol. The van der Waals surface area contributed by atoms with Gasteiger partial charge in [-0.3, -0.25) is 0 Å². The predicted molar refractivity (Wildman–Crippen MR) is 92.5 cm³/mol. The summed E-state index contributed by atoms with van der Waals surface area (Å²) in [5, 5.41) is 4.39. The highest BCUT2D eigenvalue weighted by molar-refractivity contribution is 6.33. The van der Waals surface area contributed by atoms with Crippen LogP contribution in [0.3, 0.4) is 0 Å². The Kier molecular flexibility index (Phi) is 6.34. The first-order valence-corrected chi connectivity index (χ1v) is 8.46. The number of likely N-dealkylation sites (N-methyl/N-ethyl adjacent to an activating group) is 1. The van der Waals surface area contributed by atoms with Crippen LogP contribution in [0.15, 0.2) is 18.2 Å². The number of hydrogen-bond acceptors (Lipinski definition) is 3. The highest BCUT2D eigenvalue weighted by atomic mass is 35.5. The summed E-state index contributed by atoms with van der Waals surface area (Å²) >= 11 is 6.55. The summed E-state index contributed by atoms with van der Waals surface area (Å²) in [5.74, 6) is 0. The number of hydrogen-bond donors (Lipinski definition) is 1. The van der Waals surface area contributed by atoms with Crippen molar-refractivity contribution in [2.45, 2.75) is 32.7 Å². The average molecular weight is 310 g/mol. The molecule has 1 heterocycles. The van der Waals surface area contributed by atoms with Crippen molar-refractivity contribution >= 4 is 17.3 Å². The maximum absolute atomic E-state index is 6.55. The Hall–Kier alpha value is -0.770. The first-order valence-electron chi connectivity index (χ1n) is 8.08. The lowest BCUT2D eigenvalue weighted by atomic mass is 10.1. The first kappa shape index (κ1) is 16.6. The van der Waals surface area contributed by atoms with Crippen LogP contribution >= 0.6 is 11.6 Å². The van der Waals surface area contributed by atoms with Gasteiger partial charge in [0.05, 0.1) is 10.7 Å². The van der Waals surface area contributed by atoms with E-state index in [0.29, 0.717) is 6.04 Å². The summed E-state index contributed by atoms with van der Waals surface area (Å²) in [7, 11) is 2.19. The second-order valence-corrected chi connectivity index (χ2v) is 6.44. The molecule has 0 spiro atoms. The molecular formula is C17H28ClN3. The van der Waals surface area contributed by atoms with E-state index in [4.69, 9.17) is 11.6 Å². The van der Waals surface area contributed by atoms with E-state index >= 15 is 0 Å². The Labute approximate surface area is 134 Å². The van der Waals surface area contributed by atoms with Crippen LogP contribution < -0.4 is 10.2 Å². The molecule has 0 amide bonds. The molecule has 0 saturated carbocycles. The second kappa shape index (κ2) is 8.02. The standard InChI is InChI=1S/C17H28ClN3/c1-4-8-19-14(2)15-6-7-17(16(18)13-15)21-10-5-9-20(3)11-12-21/h6-7,13-14,19H,4-5,8-12H2,1-3H3. The van der Waals surface area contributed by atoms with Crippen LogP contribution in [0, 0.1) is 0 Å². The zero-order valence-corrected chi connectivity index (χ0v) is 14.3. The minimum absolute atomic E-state index is 0.353. The maximum atomic E-state index is 6.55. The molecule has 21 heavy (non-hydrogen) atoms. The van der Waals surface area contributed by atoms with Crippen molar-refractivity contribution in [2.75, 3.05) is 44.7 Å². The van der Waals surface area contributed by atoms with Crippen LogP contribution in [0.5, 0.6) is 0 Å². The zero-order valence-electron chi connectivity index (χ0n) is 13.5. The normalized spacial score (nSPS) is 18.6. The molecule has 1 saturated heterocycles. The lowest BCUT2D eigenvalue weighted by Gasteiger charge is -2.25. The van der Waals surface area contributed by atoms with E-state index in [0.717, 1.165) is 37.6 Å². The Balaban J connectivity index is 2.08. The molecule has 1 aliphatic heterocycles. The average Bonchev–Trinajstić information content (AvgIpc) is 2.69. The van der Waals surface area contributed by atoms with E-state index in [1.807, 2.05) is 0 Å². The molecule has 1 fully saturated rings. The Morgan fingerprint density at radius 1 is 1.24 bits per heavy atom. The van der Waals surface area contributed by atoms with Gasteiger partial charge in [0.2, 0.25) is 0 Å².